The summed E-state index contributed by atoms with van der Waals surface area (Å²) in [7, 11) is 0. The standard InChI is InChI=1S/C24H30N6O2/c1-5-20-28-23(29-32-20)19-12-13-21(31-19)30(6-2)24-16(3)22(26-17(4)27-24)25-15-14-18-10-8-7-9-11-18/h6-11,19,21H,2,5,12-15H2,1,3-4H3,(H,25,26,27). The number of aryl methyl sites for hydroxylation is 2. The summed E-state index contributed by atoms with van der Waals surface area (Å²) in [6, 6.07) is 10.4. The van der Waals surface area contributed by atoms with Crippen molar-refractivity contribution in [2.24, 2.45) is 0 Å². The quantitative estimate of drug-likeness (QED) is 0.526. The fourth-order valence-electron chi connectivity index (χ4n) is 3.90. The average molecular weight is 435 g/mol. The van der Waals surface area contributed by atoms with Crippen LogP contribution in [-0.2, 0) is 17.6 Å². The van der Waals surface area contributed by atoms with Gasteiger partial charge in [0.25, 0.3) is 0 Å². The molecule has 8 nitrogen and oxygen atoms in total. The van der Waals surface area contributed by atoms with Gasteiger partial charge in [-0.15, -0.1) is 0 Å². The van der Waals surface area contributed by atoms with Gasteiger partial charge in [-0.25, -0.2) is 9.97 Å². The van der Waals surface area contributed by atoms with E-state index in [4.69, 9.17) is 14.2 Å². The summed E-state index contributed by atoms with van der Waals surface area (Å²) in [6.45, 7) is 10.7. The Kier molecular flexibility index (Phi) is 6.80. The molecule has 1 aliphatic rings. The molecule has 0 spiro atoms. The molecule has 1 saturated heterocycles. The molecule has 1 N–H and O–H groups in total. The fourth-order valence-corrected chi connectivity index (χ4v) is 3.90. The Bertz CT molecular complexity index is 1050. The van der Waals surface area contributed by atoms with Crippen LogP contribution in [0, 0.1) is 13.8 Å². The highest BCUT2D eigenvalue weighted by molar-refractivity contribution is 5.60. The van der Waals surface area contributed by atoms with Crippen LogP contribution < -0.4 is 10.2 Å². The number of benzene rings is 1. The normalized spacial score (nSPS) is 18.0. The summed E-state index contributed by atoms with van der Waals surface area (Å²) < 4.78 is 11.5. The molecule has 32 heavy (non-hydrogen) atoms. The molecule has 4 rings (SSSR count). The summed E-state index contributed by atoms with van der Waals surface area (Å²) in [5, 5.41) is 7.55. The highest BCUT2D eigenvalue weighted by Crippen LogP contribution is 2.36. The molecule has 8 heteroatoms. The number of hydrogen-bond donors (Lipinski definition) is 1. The molecule has 0 saturated carbocycles. The van der Waals surface area contributed by atoms with E-state index < -0.39 is 0 Å². The van der Waals surface area contributed by atoms with E-state index in [0.717, 1.165) is 43.0 Å². The van der Waals surface area contributed by atoms with Crippen LogP contribution >= 0.6 is 0 Å². The Morgan fingerprint density at radius 1 is 1.16 bits per heavy atom. The lowest BCUT2D eigenvalue weighted by atomic mass is 10.1. The second-order valence-corrected chi connectivity index (χ2v) is 7.88. The topological polar surface area (TPSA) is 89.2 Å². The minimum atomic E-state index is -0.203. The molecule has 3 aromatic rings. The molecule has 1 fully saturated rings. The summed E-state index contributed by atoms with van der Waals surface area (Å²) in [5.74, 6) is 3.55. The number of rotatable bonds is 9. The van der Waals surface area contributed by atoms with Crippen molar-refractivity contribution in [3.05, 3.63) is 71.8 Å². The maximum Gasteiger partial charge on any atom is 0.226 e. The lowest BCUT2D eigenvalue weighted by molar-refractivity contribution is 0.0412. The zero-order chi connectivity index (χ0) is 22.5. The second-order valence-electron chi connectivity index (χ2n) is 7.88. The van der Waals surface area contributed by atoms with Gasteiger partial charge < -0.3 is 19.5 Å². The molecule has 0 amide bonds. The molecule has 168 valence electrons. The maximum atomic E-state index is 6.28. The Morgan fingerprint density at radius 3 is 2.69 bits per heavy atom. The minimum absolute atomic E-state index is 0.196. The average Bonchev–Trinajstić information content (AvgIpc) is 3.47. The third-order valence-corrected chi connectivity index (χ3v) is 5.60. The molecular formula is C24H30N6O2. The lowest BCUT2D eigenvalue weighted by Crippen LogP contribution is -2.31. The number of hydrogen-bond acceptors (Lipinski definition) is 8. The Labute approximate surface area is 188 Å². The molecule has 0 bridgehead atoms. The van der Waals surface area contributed by atoms with Crippen LogP contribution in [0.15, 0.2) is 47.6 Å². The van der Waals surface area contributed by atoms with Crippen LogP contribution in [0.3, 0.4) is 0 Å². The van der Waals surface area contributed by atoms with Crippen LogP contribution in [-0.4, -0.2) is 32.9 Å². The molecule has 2 atom stereocenters. The number of nitrogens with one attached hydrogen (secondary N) is 1. The van der Waals surface area contributed by atoms with E-state index in [1.54, 1.807) is 6.20 Å². The lowest BCUT2D eigenvalue weighted by Gasteiger charge is -2.28. The van der Waals surface area contributed by atoms with Gasteiger partial charge in [-0.05, 0) is 38.7 Å². The van der Waals surface area contributed by atoms with Gasteiger partial charge in [0, 0.05) is 24.7 Å². The number of ether oxygens (including phenoxy) is 1. The smallest absolute Gasteiger partial charge is 0.226 e. The number of anilines is 2. The second kappa shape index (κ2) is 9.91. The van der Waals surface area contributed by atoms with Crippen molar-refractivity contribution >= 4 is 11.6 Å². The van der Waals surface area contributed by atoms with Gasteiger partial charge in [-0.1, -0.05) is 49.0 Å². The Hall–Kier alpha value is -3.26. The zero-order valence-electron chi connectivity index (χ0n) is 18.9. The van der Waals surface area contributed by atoms with Crippen molar-refractivity contribution < 1.29 is 9.26 Å². The van der Waals surface area contributed by atoms with Crippen molar-refractivity contribution in [1.82, 2.24) is 20.1 Å². The van der Waals surface area contributed by atoms with Gasteiger partial charge >= 0.3 is 0 Å². The van der Waals surface area contributed by atoms with Gasteiger partial charge in [0.15, 0.2) is 0 Å². The van der Waals surface area contributed by atoms with E-state index in [1.807, 2.05) is 31.7 Å². The van der Waals surface area contributed by atoms with E-state index in [0.29, 0.717) is 24.0 Å². The Morgan fingerprint density at radius 2 is 1.97 bits per heavy atom. The predicted molar refractivity (Wildman–Crippen MR) is 123 cm³/mol. The fraction of sp³-hybridized carbons (Fsp3) is 0.417. The highest BCUT2D eigenvalue weighted by Gasteiger charge is 2.34. The third kappa shape index (κ3) is 4.80. The van der Waals surface area contributed by atoms with Crippen LogP contribution in [0.25, 0.3) is 0 Å². The van der Waals surface area contributed by atoms with E-state index in [-0.39, 0.29) is 12.3 Å². The van der Waals surface area contributed by atoms with Gasteiger partial charge in [-0.3, -0.25) is 0 Å². The summed E-state index contributed by atoms with van der Waals surface area (Å²) in [6.07, 6.45) is 4.62. The SMILES string of the molecule is C=CN(c1nc(C)nc(NCCc2ccccc2)c1C)C1CCC(c2noc(CC)n2)O1. The first-order valence-corrected chi connectivity index (χ1v) is 11.1. The zero-order valence-corrected chi connectivity index (χ0v) is 18.9. The van der Waals surface area contributed by atoms with Crippen LogP contribution in [0.1, 0.15) is 54.5 Å². The van der Waals surface area contributed by atoms with Crippen LogP contribution in [0.5, 0.6) is 0 Å². The van der Waals surface area contributed by atoms with Crippen LogP contribution in [0.2, 0.25) is 0 Å². The molecule has 1 aliphatic heterocycles. The number of nitrogens with zero attached hydrogens (tertiary/aromatic N) is 5. The predicted octanol–water partition coefficient (Wildman–Crippen LogP) is 4.52. The van der Waals surface area contributed by atoms with E-state index in [2.05, 4.69) is 51.3 Å². The first-order valence-electron chi connectivity index (χ1n) is 11.1. The minimum Gasteiger partial charge on any atom is -0.369 e. The number of aromatic nitrogens is 4. The van der Waals surface area contributed by atoms with Crippen LogP contribution in [0.4, 0.5) is 11.6 Å². The van der Waals surface area contributed by atoms with E-state index in [1.165, 1.54) is 5.56 Å². The third-order valence-electron chi connectivity index (χ3n) is 5.60. The Balaban J connectivity index is 1.48. The molecule has 3 heterocycles. The largest absolute Gasteiger partial charge is 0.369 e. The van der Waals surface area contributed by atoms with Crippen molar-refractivity contribution in [2.75, 3.05) is 16.8 Å². The summed E-state index contributed by atoms with van der Waals surface area (Å²) in [4.78, 5) is 15.7. The first-order chi connectivity index (χ1) is 15.6. The molecule has 1 aromatic carbocycles. The van der Waals surface area contributed by atoms with E-state index >= 15 is 0 Å². The van der Waals surface area contributed by atoms with Crippen molar-refractivity contribution in [1.29, 1.82) is 0 Å². The van der Waals surface area contributed by atoms with Gasteiger partial charge in [0.1, 0.15) is 29.8 Å². The maximum absolute atomic E-state index is 6.28. The molecular weight excluding hydrogens is 404 g/mol. The van der Waals surface area contributed by atoms with Crippen molar-refractivity contribution in [3.8, 4) is 0 Å². The summed E-state index contributed by atoms with van der Waals surface area (Å²) >= 11 is 0. The molecule has 2 unspecified atom stereocenters. The monoisotopic (exact) mass is 434 g/mol. The highest BCUT2D eigenvalue weighted by atomic mass is 16.5. The van der Waals surface area contributed by atoms with Gasteiger partial charge in [-0.2, -0.15) is 4.98 Å². The first kappa shape index (κ1) is 22.0. The van der Waals surface area contributed by atoms with Gasteiger partial charge in [0.2, 0.25) is 11.7 Å². The molecule has 0 radical (unpaired) electrons. The van der Waals surface area contributed by atoms with Crippen molar-refractivity contribution in [2.45, 2.75) is 58.8 Å². The van der Waals surface area contributed by atoms with E-state index in [9.17, 15) is 0 Å². The van der Waals surface area contributed by atoms with Crippen molar-refractivity contribution in [3.63, 3.8) is 0 Å². The molecule has 0 aliphatic carbocycles. The van der Waals surface area contributed by atoms with Gasteiger partial charge in [0.05, 0.1) is 0 Å². The molecule has 2 aromatic heterocycles. The summed E-state index contributed by atoms with van der Waals surface area (Å²) in [5.41, 5.74) is 2.25.